The highest BCUT2D eigenvalue weighted by Gasteiger charge is 2.32. The number of benzene rings is 1. The van der Waals surface area contributed by atoms with Crippen molar-refractivity contribution in [3.8, 4) is 11.5 Å². The summed E-state index contributed by atoms with van der Waals surface area (Å²) >= 11 is 0. The van der Waals surface area contributed by atoms with Crippen LogP contribution in [0.3, 0.4) is 0 Å². The van der Waals surface area contributed by atoms with Gasteiger partial charge in [-0.15, -0.1) is 0 Å². The molecule has 94 valence electrons. The summed E-state index contributed by atoms with van der Waals surface area (Å²) < 4.78 is 5.43. The summed E-state index contributed by atoms with van der Waals surface area (Å²) in [6, 6.07) is 8.22. The molecular formula is C15H18N2O. The summed E-state index contributed by atoms with van der Waals surface area (Å²) in [5.74, 6) is 0.668. The van der Waals surface area contributed by atoms with Crippen LogP contribution in [-0.4, -0.2) is 4.98 Å². The summed E-state index contributed by atoms with van der Waals surface area (Å²) in [6.07, 6.45) is 9.08. The maximum Gasteiger partial charge on any atom is 0.226 e. The van der Waals surface area contributed by atoms with Gasteiger partial charge in [0.25, 0.3) is 0 Å². The molecule has 0 aliphatic heterocycles. The summed E-state index contributed by atoms with van der Waals surface area (Å²) in [4.78, 5) is 4.25. The molecule has 1 fully saturated rings. The van der Waals surface area contributed by atoms with E-state index in [2.05, 4.69) is 11.1 Å². The molecule has 0 atom stereocenters. The molecule has 3 nitrogen and oxygen atoms in total. The van der Waals surface area contributed by atoms with E-state index in [1.165, 1.54) is 24.8 Å². The standard InChI is InChI=1S/C15H18N2O/c16-15(8-4-1-5-9-15)13-7-3-2-6-12(13)14-17-10-11-18-14/h2-3,6-7,10-11H,1,4-5,8-9,16H2. The first-order valence-corrected chi connectivity index (χ1v) is 6.58. The van der Waals surface area contributed by atoms with Crippen LogP contribution in [0.1, 0.15) is 37.7 Å². The number of hydrogen-bond acceptors (Lipinski definition) is 3. The second kappa shape index (κ2) is 4.58. The van der Waals surface area contributed by atoms with E-state index in [1.807, 2.05) is 18.2 Å². The average molecular weight is 242 g/mol. The van der Waals surface area contributed by atoms with Crippen LogP contribution in [0.25, 0.3) is 11.5 Å². The molecule has 1 aromatic heterocycles. The molecule has 3 heteroatoms. The highest BCUT2D eigenvalue weighted by Crippen LogP contribution is 2.39. The molecule has 2 aromatic rings. The van der Waals surface area contributed by atoms with Crippen LogP contribution in [0, 0.1) is 0 Å². The minimum atomic E-state index is -0.219. The van der Waals surface area contributed by atoms with Crippen LogP contribution in [-0.2, 0) is 5.54 Å². The zero-order valence-corrected chi connectivity index (χ0v) is 10.4. The van der Waals surface area contributed by atoms with Gasteiger partial charge in [-0.05, 0) is 24.5 Å². The quantitative estimate of drug-likeness (QED) is 0.877. The van der Waals surface area contributed by atoms with Crippen molar-refractivity contribution in [1.29, 1.82) is 0 Å². The molecule has 0 unspecified atom stereocenters. The normalized spacial score (nSPS) is 18.7. The fourth-order valence-corrected chi connectivity index (χ4v) is 2.91. The van der Waals surface area contributed by atoms with Gasteiger partial charge in [0.2, 0.25) is 5.89 Å². The van der Waals surface area contributed by atoms with Crippen LogP contribution in [0.5, 0.6) is 0 Å². The monoisotopic (exact) mass is 242 g/mol. The smallest absolute Gasteiger partial charge is 0.226 e. The number of rotatable bonds is 2. The van der Waals surface area contributed by atoms with E-state index >= 15 is 0 Å². The first-order chi connectivity index (χ1) is 8.80. The van der Waals surface area contributed by atoms with Gasteiger partial charge in [-0.2, -0.15) is 0 Å². The molecule has 3 rings (SSSR count). The van der Waals surface area contributed by atoms with Crippen molar-refractivity contribution in [1.82, 2.24) is 4.98 Å². The lowest BCUT2D eigenvalue weighted by atomic mass is 9.76. The molecule has 1 saturated carbocycles. The Morgan fingerprint density at radius 1 is 1.11 bits per heavy atom. The number of hydrogen-bond donors (Lipinski definition) is 1. The van der Waals surface area contributed by atoms with Gasteiger partial charge >= 0.3 is 0 Å². The molecule has 1 aromatic carbocycles. The van der Waals surface area contributed by atoms with Gasteiger partial charge in [-0.1, -0.05) is 37.5 Å². The minimum Gasteiger partial charge on any atom is -0.445 e. The van der Waals surface area contributed by atoms with Gasteiger partial charge < -0.3 is 10.2 Å². The van der Waals surface area contributed by atoms with Gasteiger partial charge in [-0.3, -0.25) is 0 Å². The van der Waals surface area contributed by atoms with Crippen LogP contribution >= 0.6 is 0 Å². The lowest BCUT2D eigenvalue weighted by molar-refractivity contribution is 0.302. The molecule has 1 heterocycles. The van der Waals surface area contributed by atoms with E-state index in [4.69, 9.17) is 10.2 Å². The SMILES string of the molecule is NC1(c2ccccc2-c2ncco2)CCCCC1. The lowest BCUT2D eigenvalue weighted by Crippen LogP contribution is -2.39. The number of oxazole rings is 1. The first kappa shape index (κ1) is 11.5. The maximum absolute atomic E-state index is 6.62. The number of nitrogens with two attached hydrogens (primary N) is 1. The first-order valence-electron chi connectivity index (χ1n) is 6.58. The Morgan fingerprint density at radius 2 is 1.89 bits per heavy atom. The largest absolute Gasteiger partial charge is 0.445 e. The second-order valence-electron chi connectivity index (χ2n) is 5.10. The fourth-order valence-electron chi connectivity index (χ4n) is 2.91. The Balaban J connectivity index is 2.06. The van der Waals surface area contributed by atoms with E-state index in [9.17, 15) is 0 Å². The Bertz CT molecular complexity index is 513. The molecule has 0 amide bonds. The van der Waals surface area contributed by atoms with Crippen molar-refractivity contribution in [3.63, 3.8) is 0 Å². The third-order valence-corrected chi connectivity index (χ3v) is 3.87. The molecule has 18 heavy (non-hydrogen) atoms. The van der Waals surface area contributed by atoms with Crippen LogP contribution in [0.4, 0.5) is 0 Å². The Kier molecular flexibility index (Phi) is 2.92. The summed E-state index contributed by atoms with van der Waals surface area (Å²) in [6.45, 7) is 0. The molecular weight excluding hydrogens is 224 g/mol. The Morgan fingerprint density at radius 3 is 2.61 bits per heavy atom. The van der Waals surface area contributed by atoms with Crippen molar-refractivity contribution in [2.75, 3.05) is 0 Å². The zero-order valence-electron chi connectivity index (χ0n) is 10.4. The topological polar surface area (TPSA) is 52.0 Å². The Hall–Kier alpha value is -1.61. The van der Waals surface area contributed by atoms with E-state index in [-0.39, 0.29) is 5.54 Å². The van der Waals surface area contributed by atoms with Crippen molar-refractivity contribution in [3.05, 3.63) is 42.3 Å². The van der Waals surface area contributed by atoms with Crippen molar-refractivity contribution in [2.45, 2.75) is 37.6 Å². The molecule has 0 saturated heterocycles. The van der Waals surface area contributed by atoms with Crippen LogP contribution < -0.4 is 5.73 Å². The van der Waals surface area contributed by atoms with Gasteiger partial charge in [-0.25, -0.2) is 4.98 Å². The minimum absolute atomic E-state index is 0.219. The highest BCUT2D eigenvalue weighted by molar-refractivity contribution is 5.60. The van der Waals surface area contributed by atoms with E-state index < -0.39 is 0 Å². The molecule has 1 aliphatic carbocycles. The highest BCUT2D eigenvalue weighted by atomic mass is 16.3. The lowest BCUT2D eigenvalue weighted by Gasteiger charge is -2.35. The van der Waals surface area contributed by atoms with E-state index in [1.54, 1.807) is 12.5 Å². The van der Waals surface area contributed by atoms with Crippen LogP contribution in [0.2, 0.25) is 0 Å². The predicted molar refractivity (Wildman–Crippen MR) is 70.9 cm³/mol. The third kappa shape index (κ3) is 1.95. The number of nitrogens with zero attached hydrogens (tertiary/aromatic N) is 1. The predicted octanol–water partition coefficient (Wildman–Crippen LogP) is 3.46. The van der Waals surface area contributed by atoms with Gasteiger partial charge in [0.1, 0.15) is 6.26 Å². The fraction of sp³-hybridized carbons (Fsp3) is 0.400. The third-order valence-electron chi connectivity index (χ3n) is 3.87. The van der Waals surface area contributed by atoms with E-state index in [0.29, 0.717) is 5.89 Å². The van der Waals surface area contributed by atoms with E-state index in [0.717, 1.165) is 18.4 Å². The molecule has 1 aliphatic rings. The van der Waals surface area contributed by atoms with Gasteiger partial charge in [0.15, 0.2) is 0 Å². The summed E-state index contributed by atoms with van der Waals surface area (Å²) in [5, 5.41) is 0. The molecule has 0 spiro atoms. The Labute approximate surface area is 107 Å². The maximum atomic E-state index is 6.62. The summed E-state index contributed by atoms with van der Waals surface area (Å²) in [7, 11) is 0. The van der Waals surface area contributed by atoms with Crippen molar-refractivity contribution >= 4 is 0 Å². The zero-order chi connectivity index (χ0) is 12.4. The van der Waals surface area contributed by atoms with Crippen molar-refractivity contribution in [2.24, 2.45) is 5.73 Å². The average Bonchev–Trinajstić information content (AvgIpc) is 2.93. The number of aromatic nitrogens is 1. The molecule has 0 radical (unpaired) electrons. The van der Waals surface area contributed by atoms with Crippen molar-refractivity contribution < 1.29 is 4.42 Å². The van der Waals surface area contributed by atoms with Gasteiger partial charge in [0.05, 0.1) is 6.20 Å². The summed E-state index contributed by atoms with van der Waals surface area (Å²) in [5.41, 5.74) is 8.61. The van der Waals surface area contributed by atoms with Gasteiger partial charge in [0, 0.05) is 11.1 Å². The second-order valence-corrected chi connectivity index (χ2v) is 5.10. The molecule has 2 N–H and O–H groups in total. The molecule has 0 bridgehead atoms. The van der Waals surface area contributed by atoms with Crippen LogP contribution in [0.15, 0.2) is 41.1 Å².